The molecule has 1 aliphatic heterocycles. The van der Waals surface area contributed by atoms with Gasteiger partial charge in [0.05, 0.1) is 19.0 Å². The molecule has 0 saturated carbocycles. The molecule has 0 spiro atoms. The first-order valence-electron chi connectivity index (χ1n) is 6.70. The number of Topliss-reactive ketones (excluding diaryl/α,β-unsaturated/α-hetero) is 1. The molecular weight excluding hydrogens is 238 g/mol. The lowest BCUT2D eigenvalue weighted by Gasteiger charge is -2.25. The van der Waals surface area contributed by atoms with Gasteiger partial charge in [0.25, 0.3) is 0 Å². The second-order valence-corrected chi connectivity index (χ2v) is 6.29. The monoisotopic (exact) mass is 259 g/mol. The quantitative estimate of drug-likeness (QED) is 0.766. The van der Waals surface area contributed by atoms with Crippen LogP contribution >= 0.6 is 0 Å². The van der Waals surface area contributed by atoms with Gasteiger partial charge in [-0.05, 0) is 23.5 Å². The van der Waals surface area contributed by atoms with E-state index in [2.05, 4.69) is 45.0 Å². The molecule has 1 heterocycles. The number of amides is 1. The topological polar surface area (TPSA) is 37.4 Å². The molecule has 1 fully saturated rings. The summed E-state index contributed by atoms with van der Waals surface area (Å²) in [7, 11) is 0. The van der Waals surface area contributed by atoms with Crippen LogP contribution in [0.5, 0.6) is 0 Å². The molecule has 1 aromatic rings. The van der Waals surface area contributed by atoms with E-state index in [0.29, 0.717) is 0 Å². The first-order valence-corrected chi connectivity index (χ1v) is 6.70. The average molecular weight is 259 g/mol. The third-order valence-corrected chi connectivity index (χ3v) is 3.74. The number of carbonyl (C=O) groups is 2. The van der Waals surface area contributed by atoms with Gasteiger partial charge in [0.2, 0.25) is 5.91 Å². The van der Waals surface area contributed by atoms with E-state index >= 15 is 0 Å². The van der Waals surface area contributed by atoms with Crippen LogP contribution in [0.4, 0.5) is 0 Å². The number of hydrogen-bond acceptors (Lipinski definition) is 2. The van der Waals surface area contributed by atoms with Crippen molar-refractivity contribution in [1.29, 1.82) is 0 Å². The van der Waals surface area contributed by atoms with Gasteiger partial charge < -0.3 is 4.90 Å². The number of hydrogen-bond donors (Lipinski definition) is 0. The number of benzene rings is 1. The summed E-state index contributed by atoms with van der Waals surface area (Å²) >= 11 is 0. The fourth-order valence-electron chi connectivity index (χ4n) is 2.40. The van der Waals surface area contributed by atoms with Gasteiger partial charge in [-0.25, -0.2) is 0 Å². The van der Waals surface area contributed by atoms with E-state index in [1.165, 1.54) is 5.56 Å². The maximum Gasteiger partial charge on any atom is 0.230 e. The normalized spacial score (nSPS) is 18.0. The van der Waals surface area contributed by atoms with Crippen LogP contribution in [0.1, 0.15) is 51.3 Å². The Balaban J connectivity index is 2.18. The number of nitrogens with zero attached hydrogens (tertiary/aromatic N) is 1. The van der Waals surface area contributed by atoms with Crippen LogP contribution in [0.25, 0.3) is 0 Å². The predicted octanol–water partition coefficient (Wildman–Crippen LogP) is 2.85. The lowest BCUT2D eigenvalue weighted by atomic mass is 9.86. The van der Waals surface area contributed by atoms with Gasteiger partial charge in [-0.2, -0.15) is 0 Å². The number of likely N-dealkylation sites (tertiary alicyclic amines) is 1. The fourth-order valence-corrected chi connectivity index (χ4v) is 2.40. The van der Waals surface area contributed by atoms with Crippen molar-refractivity contribution in [2.24, 2.45) is 0 Å². The minimum Gasteiger partial charge on any atom is -0.328 e. The van der Waals surface area contributed by atoms with Gasteiger partial charge in [-0.15, -0.1) is 0 Å². The zero-order valence-corrected chi connectivity index (χ0v) is 12.1. The first-order chi connectivity index (χ1) is 8.79. The Kier molecular flexibility index (Phi) is 3.48. The Bertz CT molecular complexity index is 496. The highest BCUT2D eigenvalue weighted by Gasteiger charge is 2.31. The zero-order valence-electron chi connectivity index (χ0n) is 12.1. The van der Waals surface area contributed by atoms with E-state index < -0.39 is 0 Å². The van der Waals surface area contributed by atoms with Crippen LogP contribution in [0.2, 0.25) is 0 Å². The maximum absolute atomic E-state index is 11.7. The molecule has 1 unspecified atom stereocenters. The Labute approximate surface area is 114 Å². The Hall–Kier alpha value is -1.64. The molecule has 3 nitrogen and oxygen atoms in total. The van der Waals surface area contributed by atoms with Gasteiger partial charge in [0.1, 0.15) is 0 Å². The second-order valence-electron chi connectivity index (χ2n) is 6.29. The molecule has 1 saturated heterocycles. The Morgan fingerprint density at radius 2 is 1.68 bits per heavy atom. The first kappa shape index (κ1) is 13.8. The van der Waals surface area contributed by atoms with Crippen molar-refractivity contribution < 1.29 is 9.59 Å². The van der Waals surface area contributed by atoms with Crippen LogP contribution in [-0.2, 0) is 15.0 Å². The summed E-state index contributed by atoms with van der Waals surface area (Å²) in [5.41, 5.74) is 2.48. The van der Waals surface area contributed by atoms with E-state index in [0.717, 1.165) is 5.56 Å². The molecule has 102 valence electrons. The van der Waals surface area contributed by atoms with Crippen molar-refractivity contribution in [2.45, 2.75) is 45.6 Å². The Morgan fingerprint density at radius 1 is 1.11 bits per heavy atom. The summed E-state index contributed by atoms with van der Waals surface area (Å²) in [6.45, 7) is 8.75. The van der Waals surface area contributed by atoms with E-state index in [-0.39, 0.29) is 36.1 Å². The molecule has 2 rings (SSSR count). The highest BCUT2D eigenvalue weighted by molar-refractivity contribution is 6.05. The lowest BCUT2D eigenvalue weighted by Crippen LogP contribution is -2.28. The minimum atomic E-state index is -0.0580. The summed E-state index contributed by atoms with van der Waals surface area (Å²) < 4.78 is 0. The zero-order chi connectivity index (χ0) is 14.2. The smallest absolute Gasteiger partial charge is 0.230 e. The maximum atomic E-state index is 11.7. The highest BCUT2D eigenvalue weighted by Crippen LogP contribution is 2.27. The molecule has 3 heteroatoms. The molecule has 1 aromatic carbocycles. The second kappa shape index (κ2) is 4.80. The molecule has 0 aliphatic carbocycles. The fraction of sp³-hybridized carbons (Fsp3) is 0.500. The van der Waals surface area contributed by atoms with Crippen molar-refractivity contribution >= 4 is 11.7 Å². The number of carbonyl (C=O) groups excluding carboxylic acids is 2. The standard InChI is InChI=1S/C16H21NO2/c1-11(17-10-14(18)9-15(17)19)12-5-7-13(8-6-12)16(2,3)4/h5-8,11H,9-10H2,1-4H3. The third kappa shape index (κ3) is 2.86. The third-order valence-electron chi connectivity index (χ3n) is 3.74. The van der Waals surface area contributed by atoms with E-state index in [1.807, 2.05) is 6.92 Å². The van der Waals surface area contributed by atoms with Gasteiger partial charge >= 0.3 is 0 Å². The van der Waals surface area contributed by atoms with Gasteiger partial charge in [0.15, 0.2) is 5.78 Å². The average Bonchev–Trinajstić information content (AvgIpc) is 2.66. The predicted molar refractivity (Wildman–Crippen MR) is 74.9 cm³/mol. The summed E-state index contributed by atoms with van der Waals surface area (Å²) in [5.74, 6) is -0.0411. The van der Waals surface area contributed by atoms with Crippen LogP contribution in [0, 0.1) is 0 Å². The summed E-state index contributed by atoms with van der Waals surface area (Å²) in [5, 5.41) is 0. The molecule has 0 bridgehead atoms. The van der Waals surface area contributed by atoms with Crippen LogP contribution in [0.15, 0.2) is 24.3 Å². The van der Waals surface area contributed by atoms with Crippen LogP contribution < -0.4 is 0 Å². The molecular formula is C16H21NO2. The molecule has 1 aliphatic rings. The van der Waals surface area contributed by atoms with E-state index in [9.17, 15) is 9.59 Å². The van der Waals surface area contributed by atoms with Crippen molar-refractivity contribution in [3.8, 4) is 0 Å². The van der Waals surface area contributed by atoms with Crippen molar-refractivity contribution in [1.82, 2.24) is 4.90 Å². The molecule has 1 amide bonds. The van der Waals surface area contributed by atoms with Gasteiger partial charge in [0, 0.05) is 0 Å². The number of ketones is 1. The summed E-state index contributed by atoms with van der Waals surface area (Å²) in [6, 6.07) is 8.29. The van der Waals surface area contributed by atoms with E-state index in [4.69, 9.17) is 0 Å². The van der Waals surface area contributed by atoms with E-state index in [1.54, 1.807) is 4.90 Å². The molecule has 19 heavy (non-hydrogen) atoms. The van der Waals surface area contributed by atoms with Crippen LogP contribution in [0.3, 0.4) is 0 Å². The summed E-state index contributed by atoms with van der Waals surface area (Å²) in [4.78, 5) is 24.7. The largest absolute Gasteiger partial charge is 0.328 e. The lowest BCUT2D eigenvalue weighted by molar-refractivity contribution is -0.129. The molecule has 0 N–H and O–H groups in total. The highest BCUT2D eigenvalue weighted by atomic mass is 16.2. The molecule has 0 aromatic heterocycles. The summed E-state index contributed by atoms with van der Waals surface area (Å²) in [6.07, 6.45) is 0.0599. The minimum absolute atomic E-state index is 0.0168. The van der Waals surface area contributed by atoms with Crippen molar-refractivity contribution in [2.75, 3.05) is 6.54 Å². The Morgan fingerprint density at radius 3 is 2.11 bits per heavy atom. The molecule has 1 atom stereocenters. The SMILES string of the molecule is CC(c1ccc(C(C)(C)C)cc1)N1CC(=O)CC1=O. The molecule has 0 radical (unpaired) electrons. The van der Waals surface area contributed by atoms with Crippen molar-refractivity contribution in [3.63, 3.8) is 0 Å². The van der Waals surface area contributed by atoms with Gasteiger partial charge in [-0.3, -0.25) is 9.59 Å². The van der Waals surface area contributed by atoms with Gasteiger partial charge in [-0.1, -0.05) is 45.0 Å². The van der Waals surface area contributed by atoms with Crippen LogP contribution in [-0.4, -0.2) is 23.1 Å². The van der Waals surface area contributed by atoms with Crippen molar-refractivity contribution in [3.05, 3.63) is 35.4 Å². The number of rotatable bonds is 2.